The molecule has 1 fully saturated rings. The number of amidine groups is 1. The minimum atomic E-state index is -3.64. The van der Waals surface area contributed by atoms with Crippen LogP contribution in [0.1, 0.15) is 31.7 Å². The molecule has 2 aliphatic heterocycles. The van der Waals surface area contributed by atoms with Gasteiger partial charge in [0.25, 0.3) is 15.9 Å². The van der Waals surface area contributed by atoms with Crippen LogP contribution in [0.2, 0.25) is 0 Å². The second kappa shape index (κ2) is 7.45. The normalized spacial score (nSPS) is 22.6. The molecular weight excluding hydrogens is 358 g/mol. The van der Waals surface area contributed by atoms with E-state index in [0.29, 0.717) is 12.1 Å². The molecule has 1 aromatic carbocycles. The number of likely N-dealkylation sites (tertiary alicyclic amines) is 1. The van der Waals surface area contributed by atoms with Gasteiger partial charge in [-0.3, -0.25) is 19.3 Å². The van der Waals surface area contributed by atoms with Crippen LogP contribution in [0.5, 0.6) is 0 Å². The van der Waals surface area contributed by atoms with Crippen LogP contribution < -0.4 is 4.72 Å². The highest BCUT2D eigenvalue weighted by atomic mass is 32.2. The zero-order valence-corrected chi connectivity index (χ0v) is 15.3. The minimum Gasteiger partial charge on any atom is -0.454 e. The van der Waals surface area contributed by atoms with Gasteiger partial charge in [-0.05, 0) is 38.3 Å². The van der Waals surface area contributed by atoms with Gasteiger partial charge in [0.15, 0.2) is 6.61 Å². The Morgan fingerprint density at radius 2 is 2.08 bits per heavy atom. The van der Waals surface area contributed by atoms with Crippen molar-refractivity contribution < 1.29 is 22.7 Å². The lowest BCUT2D eigenvalue weighted by molar-refractivity contribution is -0.152. The van der Waals surface area contributed by atoms with E-state index in [2.05, 4.69) is 9.71 Å². The molecule has 1 N–H and O–H groups in total. The van der Waals surface area contributed by atoms with Crippen LogP contribution in [0.15, 0.2) is 34.2 Å². The minimum absolute atomic E-state index is 0.105. The molecule has 1 atom stereocenters. The van der Waals surface area contributed by atoms with Crippen molar-refractivity contribution >= 4 is 27.7 Å². The lowest BCUT2D eigenvalue weighted by Gasteiger charge is -2.33. The molecule has 0 saturated carbocycles. The zero-order chi connectivity index (χ0) is 18.7. The maximum atomic E-state index is 12.1. The lowest BCUT2D eigenvalue weighted by Crippen LogP contribution is -2.44. The molecular formula is C17H21N3O5S. The average Bonchev–Trinajstić information content (AvgIpc) is 2.89. The summed E-state index contributed by atoms with van der Waals surface area (Å²) in [7, 11) is -3.64. The smallest absolute Gasteiger partial charge is 0.328 e. The molecule has 1 saturated heterocycles. The molecule has 2 aliphatic rings. The molecule has 0 aromatic heterocycles. The topological polar surface area (TPSA) is 105 Å². The highest BCUT2D eigenvalue weighted by Crippen LogP contribution is 2.22. The van der Waals surface area contributed by atoms with Gasteiger partial charge in [-0.2, -0.15) is 0 Å². The molecule has 0 aliphatic carbocycles. The van der Waals surface area contributed by atoms with Crippen LogP contribution in [0, 0.1) is 0 Å². The van der Waals surface area contributed by atoms with Crippen molar-refractivity contribution in [1.82, 2.24) is 9.62 Å². The standard InChI is InChI=1S/C17H21N3O5S/c1-12-6-4-5-9-20(12)15(21)11-25-16(22)10-18-17-13-7-2-3-8-14(13)26(23,24)19-17/h2-3,7-8,12H,4-6,9-11H2,1H3,(H,18,19)/t12-/m0/s1. The monoisotopic (exact) mass is 379 g/mol. The Morgan fingerprint density at radius 1 is 1.31 bits per heavy atom. The summed E-state index contributed by atoms with van der Waals surface area (Å²) in [6, 6.07) is 6.53. The maximum absolute atomic E-state index is 12.1. The van der Waals surface area contributed by atoms with Crippen molar-refractivity contribution in [2.75, 3.05) is 19.7 Å². The molecule has 0 unspecified atom stereocenters. The van der Waals surface area contributed by atoms with E-state index in [1.54, 1.807) is 23.1 Å². The second-order valence-electron chi connectivity index (χ2n) is 6.36. The number of carbonyl (C=O) groups excluding carboxylic acids is 2. The third-order valence-electron chi connectivity index (χ3n) is 4.51. The van der Waals surface area contributed by atoms with Gasteiger partial charge in [0.2, 0.25) is 0 Å². The number of amides is 1. The number of carbonyl (C=O) groups is 2. The van der Waals surface area contributed by atoms with E-state index in [1.807, 2.05) is 6.92 Å². The van der Waals surface area contributed by atoms with Crippen molar-refractivity contribution in [3.63, 3.8) is 0 Å². The molecule has 1 amide bonds. The van der Waals surface area contributed by atoms with E-state index >= 15 is 0 Å². The van der Waals surface area contributed by atoms with Crippen LogP contribution in [0.25, 0.3) is 0 Å². The van der Waals surface area contributed by atoms with E-state index in [9.17, 15) is 18.0 Å². The largest absolute Gasteiger partial charge is 0.454 e. The van der Waals surface area contributed by atoms with Gasteiger partial charge in [0.05, 0.1) is 4.90 Å². The molecule has 0 radical (unpaired) electrons. The zero-order valence-electron chi connectivity index (χ0n) is 14.5. The summed E-state index contributed by atoms with van der Waals surface area (Å²) in [5, 5.41) is 0. The Hall–Kier alpha value is -2.42. The molecule has 8 nitrogen and oxygen atoms in total. The number of sulfonamides is 1. The van der Waals surface area contributed by atoms with Gasteiger partial charge in [-0.25, -0.2) is 8.42 Å². The van der Waals surface area contributed by atoms with Crippen molar-refractivity contribution in [3.8, 4) is 0 Å². The van der Waals surface area contributed by atoms with E-state index in [4.69, 9.17) is 4.74 Å². The highest BCUT2D eigenvalue weighted by molar-refractivity contribution is 7.90. The predicted octanol–water partition coefficient (Wildman–Crippen LogP) is 0.669. The molecule has 9 heteroatoms. The van der Waals surface area contributed by atoms with E-state index in [0.717, 1.165) is 19.3 Å². The van der Waals surface area contributed by atoms with Crippen LogP contribution in [-0.4, -0.2) is 56.8 Å². The number of ether oxygens (including phenoxy) is 1. The molecule has 3 rings (SSSR count). The van der Waals surface area contributed by atoms with Crippen LogP contribution in [0.3, 0.4) is 0 Å². The lowest BCUT2D eigenvalue weighted by atomic mass is 10.0. The van der Waals surface area contributed by atoms with Crippen molar-refractivity contribution in [2.45, 2.75) is 37.1 Å². The second-order valence-corrected chi connectivity index (χ2v) is 8.01. The van der Waals surface area contributed by atoms with Gasteiger partial charge in [0, 0.05) is 18.2 Å². The number of piperidine rings is 1. The summed E-state index contributed by atoms with van der Waals surface area (Å²) in [5.41, 5.74) is 0.415. The first-order valence-electron chi connectivity index (χ1n) is 8.50. The number of nitrogens with one attached hydrogen (secondary N) is 1. The summed E-state index contributed by atoms with van der Waals surface area (Å²) in [6.07, 6.45) is 3.00. The van der Waals surface area contributed by atoms with Crippen LogP contribution >= 0.6 is 0 Å². The quantitative estimate of drug-likeness (QED) is 0.774. The molecule has 2 heterocycles. The Labute approximate surface area is 152 Å². The fraction of sp³-hybridized carbons (Fsp3) is 0.471. The fourth-order valence-electron chi connectivity index (χ4n) is 3.13. The fourth-order valence-corrected chi connectivity index (χ4v) is 4.39. The van der Waals surface area contributed by atoms with Gasteiger partial charge in [-0.1, -0.05) is 12.1 Å². The Kier molecular flexibility index (Phi) is 5.26. The molecule has 140 valence electrons. The molecule has 0 bridgehead atoms. The molecule has 0 spiro atoms. The number of esters is 1. The van der Waals surface area contributed by atoms with E-state index in [-0.39, 0.29) is 35.8 Å². The van der Waals surface area contributed by atoms with E-state index < -0.39 is 16.0 Å². The predicted molar refractivity (Wildman–Crippen MR) is 94.2 cm³/mol. The third kappa shape index (κ3) is 3.87. The summed E-state index contributed by atoms with van der Waals surface area (Å²) in [4.78, 5) is 29.9. The maximum Gasteiger partial charge on any atom is 0.328 e. The number of benzene rings is 1. The first-order chi connectivity index (χ1) is 12.4. The van der Waals surface area contributed by atoms with Gasteiger partial charge >= 0.3 is 5.97 Å². The number of hydrogen-bond donors (Lipinski definition) is 1. The summed E-state index contributed by atoms with van der Waals surface area (Å²) >= 11 is 0. The summed E-state index contributed by atoms with van der Waals surface area (Å²) in [6.45, 7) is 1.97. The first-order valence-corrected chi connectivity index (χ1v) is 9.98. The van der Waals surface area contributed by atoms with Gasteiger partial charge in [0.1, 0.15) is 12.4 Å². The number of nitrogens with zero attached hydrogens (tertiary/aromatic N) is 2. The summed E-state index contributed by atoms with van der Waals surface area (Å²) in [5.74, 6) is -0.794. The summed E-state index contributed by atoms with van der Waals surface area (Å²) < 4.78 is 31.2. The van der Waals surface area contributed by atoms with Crippen molar-refractivity contribution in [3.05, 3.63) is 29.8 Å². The Balaban J connectivity index is 1.56. The Morgan fingerprint density at radius 3 is 2.85 bits per heavy atom. The van der Waals surface area contributed by atoms with Gasteiger partial charge in [-0.15, -0.1) is 0 Å². The van der Waals surface area contributed by atoms with Gasteiger partial charge < -0.3 is 9.64 Å². The highest BCUT2D eigenvalue weighted by Gasteiger charge is 2.30. The van der Waals surface area contributed by atoms with Crippen LogP contribution in [0.4, 0.5) is 0 Å². The molecule has 26 heavy (non-hydrogen) atoms. The molecule has 1 aromatic rings. The van der Waals surface area contributed by atoms with Crippen molar-refractivity contribution in [1.29, 1.82) is 0 Å². The van der Waals surface area contributed by atoms with Crippen LogP contribution in [-0.2, 0) is 24.3 Å². The number of rotatable bonds is 4. The average molecular weight is 379 g/mol. The number of aliphatic imine (C=N–C) groups is 1. The number of hydrogen-bond acceptors (Lipinski definition) is 6. The van der Waals surface area contributed by atoms with Crippen molar-refractivity contribution in [2.24, 2.45) is 4.99 Å². The SMILES string of the molecule is C[C@H]1CCCCN1C(=O)COC(=O)CN=C1NS(=O)(=O)c2ccccc21. The first kappa shape index (κ1) is 18.4. The van der Waals surface area contributed by atoms with E-state index in [1.165, 1.54) is 6.07 Å². The Bertz CT molecular complexity index is 850. The third-order valence-corrected chi connectivity index (χ3v) is 5.91. The number of fused-ring (bicyclic) bond motifs is 1.